The van der Waals surface area contributed by atoms with E-state index in [9.17, 15) is 0 Å². The number of hydrogen-bond donors (Lipinski definition) is 0. The molecule has 0 aliphatic heterocycles. The van der Waals surface area contributed by atoms with Crippen molar-refractivity contribution in [2.45, 2.75) is 37.2 Å². The number of ether oxygens (including phenoxy) is 1. The molecule has 2 aromatic heterocycles. The molecule has 0 aliphatic rings. The van der Waals surface area contributed by atoms with Gasteiger partial charge in [-0.05, 0) is 38.1 Å². The highest BCUT2D eigenvalue weighted by Crippen LogP contribution is 2.41. The molecule has 0 saturated carbocycles. The number of nitrogens with zero attached hydrogens (tertiary/aromatic N) is 3. The molecular formula is C25H23Cl2N3O3S2. The molecular weight excluding hydrogens is 525 g/mol. The Morgan fingerprint density at radius 3 is 2.40 bits per heavy atom. The van der Waals surface area contributed by atoms with E-state index in [0.717, 1.165) is 43.2 Å². The van der Waals surface area contributed by atoms with Crippen LogP contribution in [0.2, 0.25) is 10.0 Å². The second kappa shape index (κ2) is 11.9. The van der Waals surface area contributed by atoms with Crippen LogP contribution in [0.25, 0.3) is 27.5 Å². The van der Waals surface area contributed by atoms with Gasteiger partial charge in [-0.25, -0.2) is 9.67 Å². The number of methoxy groups -OCH3 is 1. The lowest BCUT2D eigenvalue weighted by atomic mass is 10.0. The lowest BCUT2D eigenvalue weighted by Crippen LogP contribution is -1.94. The van der Waals surface area contributed by atoms with Gasteiger partial charge in [-0.1, -0.05) is 66.1 Å². The predicted octanol–water partition coefficient (Wildman–Crippen LogP) is 7.51. The van der Waals surface area contributed by atoms with Gasteiger partial charge in [0.25, 0.3) is 0 Å². The molecule has 182 valence electrons. The van der Waals surface area contributed by atoms with E-state index in [1.54, 1.807) is 30.2 Å². The molecule has 0 bridgehead atoms. The van der Waals surface area contributed by atoms with Crippen molar-refractivity contribution >= 4 is 52.5 Å². The maximum atomic E-state index is 8.12. The standard InChI is InChI=1S/C24H23Cl2N3OS2.CO2/c1-13(2)31-23-22(16-7-8-19(25)20(26)11-16)27-24(32-23)29-12-18(15(4)28-29)17-10-14(3)6-9-21(17)30-5;2-1-3/h6-13H,1-5H3;. The Labute approximate surface area is 222 Å². The third-order valence-corrected chi connectivity index (χ3v) is 7.86. The highest BCUT2D eigenvalue weighted by molar-refractivity contribution is 8.01. The molecule has 0 N–H and O–H groups in total. The van der Waals surface area contributed by atoms with Crippen molar-refractivity contribution in [3.8, 4) is 33.3 Å². The highest BCUT2D eigenvalue weighted by atomic mass is 35.5. The second-order valence-corrected chi connectivity index (χ2v) is 11.4. The van der Waals surface area contributed by atoms with Crippen LogP contribution in [0.4, 0.5) is 0 Å². The SMILES string of the molecule is COc1ccc(C)cc1-c1cn(-c2nc(-c3ccc(Cl)c(Cl)c3)c(SC(C)C)s2)nc1C.O=C=O. The van der Waals surface area contributed by atoms with Crippen LogP contribution >= 0.6 is 46.3 Å². The van der Waals surface area contributed by atoms with Gasteiger partial charge in [0, 0.05) is 28.1 Å². The van der Waals surface area contributed by atoms with Crippen LogP contribution in [0.5, 0.6) is 5.75 Å². The quantitative estimate of drug-likeness (QED) is 0.232. The minimum absolute atomic E-state index is 0.250. The van der Waals surface area contributed by atoms with E-state index in [-0.39, 0.29) is 6.15 Å². The van der Waals surface area contributed by atoms with Gasteiger partial charge >= 0.3 is 6.15 Å². The maximum Gasteiger partial charge on any atom is 0.373 e. The Kier molecular flexibility index (Phi) is 9.16. The van der Waals surface area contributed by atoms with E-state index < -0.39 is 0 Å². The summed E-state index contributed by atoms with van der Waals surface area (Å²) in [7, 11) is 1.69. The highest BCUT2D eigenvalue weighted by Gasteiger charge is 2.20. The number of carbonyl (C=O) groups excluding carboxylic acids is 2. The Morgan fingerprint density at radius 2 is 1.77 bits per heavy atom. The topological polar surface area (TPSA) is 74.1 Å². The van der Waals surface area contributed by atoms with Crippen LogP contribution in [-0.4, -0.2) is 33.3 Å². The molecule has 0 aliphatic carbocycles. The number of hydrogen-bond acceptors (Lipinski definition) is 7. The van der Waals surface area contributed by atoms with Gasteiger partial charge in [-0.3, -0.25) is 0 Å². The zero-order chi connectivity index (χ0) is 25.7. The third kappa shape index (κ3) is 6.34. The average Bonchev–Trinajstić information content (AvgIpc) is 3.39. The van der Waals surface area contributed by atoms with Crippen LogP contribution in [0, 0.1) is 13.8 Å². The number of aryl methyl sites for hydroxylation is 2. The van der Waals surface area contributed by atoms with Gasteiger partial charge in [0.1, 0.15) is 5.75 Å². The zero-order valence-electron chi connectivity index (χ0n) is 19.8. The molecule has 0 amide bonds. The first kappa shape index (κ1) is 27.0. The average molecular weight is 549 g/mol. The zero-order valence-corrected chi connectivity index (χ0v) is 22.9. The number of thiazole rings is 1. The van der Waals surface area contributed by atoms with Gasteiger partial charge in [-0.2, -0.15) is 14.7 Å². The Morgan fingerprint density at radius 1 is 1.06 bits per heavy atom. The van der Waals surface area contributed by atoms with Gasteiger partial charge in [0.15, 0.2) is 0 Å². The molecule has 0 saturated heterocycles. The molecule has 0 radical (unpaired) electrons. The fraction of sp³-hybridized carbons (Fsp3) is 0.240. The number of aromatic nitrogens is 3. The van der Waals surface area contributed by atoms with Crippen LogP contribution in [0.3, 0.4) is 0 Å². The molecule has 10 heteroatoms. The molecule has 0 fully saturated rings. The summed E-state index contributed by atoms with van der Waals surface area (Å²) < 4.78 is 8.56. The Hall–Kier alpha value is -2.61. The number of thioether (sulfide) groups is 1. The molecule has 0 spiro atoms. The van der Waals surface area contributed by atoms with Crippen molar-refractivity contribution in [1.29, 1.82) is 0 Å². The molecule has 2 aromatic carbocycles. The molecule has 4 aromatic rings. The van der Waals surface area contributed by atoms with E-state index in [1.807, 2.05) is 48.1 Å². The van der Waals surface area contributed by atoms with Crippen molar-refractivity contribution in [2.75, 3.05) is 7.11 Å². The minimum atomic E-state index is 0.250. The fourth-order valence-electron chi connectivity index (χ4n) is 3.37. The largest absolute Gasteiger partial charge is 0.496 e. The van der Waals surface area contributed by atoms with Crippen molar-refractivity contribution in [3.05, 3.63) is 63.9 Å². The second-order valence-electron chi connectivity index (χ2n) is 7.79. The molecule has 2 heterocycles. The summed E-state index contributed by atoms with van der Waals surface area (Å²) in [6.45, 7) is 8.42. The van der Waals surface area contributed by atoms with Gasteiger partial charge in [-0.15, -0.1) is 11.8 Å². The number of rotatable bonds is 6. The first-order valence-electron chi connectivity index (χ1n) is 10.5. The van der Waals surface area contributed by atoms with E-state index in [2.05, 4.69) is 26.8 Å². The van der Waals surface area contributed by atoms with Crippen LogP contribution in [-0.2, 0) is 9.59 Å². The molecule has 4 rings (SSSR count). The maximum absolute atomic E-state index is 8.12. The van der Waals surface area contributed by atoms with Gasteiger partial charge < -0.3 is 4.74 Å². The van der Waals surface area contributed by atoms with E-state index in [0.29, 0.717) is 15.3 Å². The summed E-state index contributed by atoms with van der Waals surface area (Å²) in [5.74, 6) is 0.824. The summed E-state index contributed by atoms with van der Waals surface area (Å²) in [5.41, 5.74) is 5.96. The predicted molar refractivity (Wildman–Crippen MR) is 142 cm³/mol. The number of halogens is 2. The number of benzene rings is 2. The lowest BCUT2D eigenvalue weighted by molar-refractivity contribution is -0.191. The van der Waals surface area contributed by atoms with E-state index >= 15 is 0 Å². The third-order valence-electron chi connectivity index (χ3n) is 4.86. The van der Waals surface area contributed by atoms with Crippen LogP contribution < -0.4 is 4.74 Å². The van der Waals surface area contributed by atoms with Crippen LogP contribution in [0.15, 0.2) is 46.8 Å². The van der Waals surface area contributed by atoms with E-state index in [4.69, 9.17) is 47.6 Å². The molecule has 35 heavy (non-hydrogen) atoms. The summed E-state index contributed by atoms with van der Waals surface area (Å²) in [5, 5.41) is 7.04. The molecule has 0 atom stereocenters. The lowest BCUT2D eigenvalue weighted by Gasteiger charge is -2.08. The van der Waals surface area contributed by atoms with Crippen molar-refractivity contribution in [1.82, 2.24) is 14.8 Å². The minimum Gasteiger partial charge on any atom is -0.496 e. The van der Waals surface area contributed by atoms with Crippen LogP contribution in [0.1, 0.15) is 25.1 Å². The summed E-state index contributed by atoms with van der Waals surface area (Å²) in [4.78, 5) is 21.2. The molecule has 6 nitrogen and oxygen atoms in total. The summed E-state index contributed by atoms with van der Waals surface area (Å²) in [6.07, 6.45) is 2.27. The first-order chi connectivity index (χ1) is 16.7. The fourth-order valence-corrected chi connectivity index (χ4v) is 6.11. The summed E-state index contributed by atoms with van der Waals surface area (Å²) >= 11 is 15.8. The Balaban J connectivity index is 0.00000108. The first-order valence-corrected chi connectivity index (χ1v) is 13.0. The van der Waals surface area contributed by atoms with Gasteiger partial charge in [0.2, 0.25) is 5.13 Å². The normalized spacial score (nSPS) is 10.6. The van der Waals surface area contributed by atoms with Crippen molar-refractivity contribution < 1.29 is 14.3 Å². The smallest absolute Gasteiger partial charge is 0.373 e. The Bertz CT molecular complexity index is 1380. The van der Waals surface area contributed by atoms with Crippen molar-refractivity contribution in [3.63, 3.8) is 0 Å². The van der Waals surface area contributed by atoms with E-state index in [1.165, 1.54) is 5.56 Å². The van der Waals surface area contributed by atoms with Crippen molar-refractivity contribution in [2.24, 2.45) is 0 Å². The monoisotopic (exact) mass is 547 g/mol. The summed E-state index contributed by atoms with van der Waals surface area (Å²) in [6, 6.07) is 11.8. The molecule has 0 unspecified atom stereocenters. The van der Waals surface area contributed by atoms with Gasteiger partial charge in [0.05, 0.1) is 32.8 Å².